The van der Waals surface area contributed by atoms with E-state index in [0.717, 1.165) is 0 Å². The number of benzene rings is 1. The third-order valence-corrected chi connectivity index (χ3v) is 1.82. The molecule has 0 unspecified atom stereocenters. The average molecular weight is 144 g/mol. The predicted molar refractivity (Wildman–Crippen MR) is 45.2 cm³/mol. The van der Waals surface area contributed by atoms with Crippen LogP contribution in [-0.2, 0) is 0 Å². The fourth-order valence-corrected chi connectivity index (χ4v) is 1.24. The second-order valence-electron chi connectivity index (χ2n) is 2.76. The lowest BCUT2D eigenvalue weighted by Gasteiger charge is -1.91. The first-order chi connectivity index (χ1) is 5.36. The molecule has 1 N–H and O–H groups in total. The molecular formula is C10H10N+. The lowest BCUT2D eigenvalue weighted by molar-refractivity contribution is -0.344. The Morgan fingerprint density at radius 3 is 3.00 bits per heavy atom. The summed E-state index contributed by atoms with van der Waals surface area (Å²) in [5.41, 5.74) is 2.50. The Morgan fingerprint density at radius 2 is 2.09 bits per heavy atom. The minimum Gasteiger partial charge on any atom is -0.211 e. The maximum atomic E-state index is 3.18. The summed E-state index contributed by atoms with van der Waals surface area (Å²) in [7, 11) is 0. The first-order valence-corrected chi connectivity index (χ1v) is 3.73. The van der Waals surface area contributed by atoms with Crippen molar-refractivity contribution in [2.75, 3.05) is 0 Å². The van der Waals surface area contributed by atoms with Gasteiger partial charge in [-0.2, -0.15) is 0 Å². The summed E-state index contributed by atoms with van der Waals surface area (Å²) in [4.78, 5) is 3.18. The topological polar surface area (TPSA) is 14.1 Å². The van der Waals surface area contributed by atoms with E-state index in [2.05, 4.69) is 36.2 Å². The van der Waals surface area contributed by atoms with E-state index in [1.54, 1.807) is 0 Å². The summed E-state index contributed by atoms with van der Waals surface area (Å²) < 4.78 is 0. The summed E-state index contributed by atoms with van der Waals surface area (Å²) in [6.07, 6.45) is 1.94. The molecule has 54 valence electrons. The van der Waals surface area contributed by atoms with Gasteiger partial charge in [-0.3, -0.25) is 0 Å². The molecule has 0 aliphatic heterocycles. The fraction of sp³-hybridized carbons (Fsp3) is 0.100. The number of hydrogen-bond acceptors (Lipinski definition) is 0. The quantitative estimate of drug-likeness (QED) is 0.536. The van der Waals surface area contributed by atoms with Crippen LogP contribution in [0.5, 0.6) is 0 Å². The second-order valence-corrected chi connectivity index (χ2v) is 2.76. The van der Waals surface area contributed by atoms with E-state index in [1.165, 1.54) is 16.5 Å². The Labute approximate surface area is 65.7 Å². The van der Waals surface area contributed by atoms with Crippen molar-refractivity contribution in [3.63, 3.8) is 0 Å². The van der Waals surface area contributed by atoms with Crippen LogP contribution in [0, 0.1) is 6.92 Å². The van der Waals surface area contributed by atoms with Gasteiger partial charge in [0.05, 0.1) is 0 Å². The van der Waals surface area contributed by atoms with Gasteiger partial charge in [0.1, 0.15) is 0 Å². The molecule has 0 spiro atoms. The number of fused-ring (bicyclic) bond motifs is 1. The summed E-state index contributed by atoms with van der Waals surface area (Å²) in [5, 5.41) is 1.27. The number of rotatable bonds is 0. The van der Waals surface area contributed by atoms with Crippen molar-refractivity contribution in [1.82, 2.24) is 0 Å². The van der Waals surface area contributed by atoms with Gasteiger partial charge in [0.15, 0.2) is 6.20 Å². The van der Waals surface area contributed by atoms with E-state index in [0.29, 0.717) is 0 Å². The third-order valence-electron chi connectivity index (χ3n) is 1.82. The SMILES string of the molecule is Cc1ccc2[nH+]cccc2c1. The monoisotopic (exact) mass is 144 g/mol. The van der Waals surface area contributed by atoms with E-state index in [1.807, 2.05) is 12.3 Å². The lowest BCUT2D eigenvalue weighted by Crippen LogP contribution is -2.00. The average Bonchev–Trinajstić information content (AvgIpc) is 2.04. The van der Waals surface area contributed by atoms with E-state index >= 15 is 0 Å². The highest BCUT2D eigenvalue weighted by Gasteiger charge is 1.96. The minimum absolute atomic E-state index is 1.19. The second kappa shape index (κ2) is 2.35. The van der Waals surface area contributed by atoms with Crippen LogP contribution in [0.3, 0.4) is 0 Å². The normalized spacial score (nSPS) is 10.3. The molecule has 0 fully saturated rings. The van der Waals surface area contributed by atoms with Gasteiger partial charge in [0, 0.05) is 17.5 Å². The van der Waals surface area contributed by atoms with E-state index in [4.69, 9.17) is 0 Å². The van der Waals surface area contributed by atoms with Gasteiger partial charge in [-0.15, -0.1) is 0 Å². The van der Waals surface area contributed by atoms with Crippen molar-refractivity contribution < 1.29 is 4.98 Å². The van der Waals surface area contributed by atoms with Gasteiger partial charge in [-0.05, 0) is 19.1 Å². The lowest BCUT2D eigenvalue weighted by atomic mass is 10.1. The zero-order valence-corrected chi connectivity index (χ0v) is 6.46. The number of nitrogens with one attached hydrogen (secondary N) is 1. The zero-order chi connectivity index (χ0) is 7.68. The molecule has 0 aliphatic carbocycles. The van der Waals surface area contributed by atoms with Crippen LogP contribution in [0.25, 0.3) is 10.9 Å². The maximum Gasteiger partial charge on any atom is 0.210 e. The summed E-state index contributed by atoms with van der Waals surface area (Å²) in [6.45, 7) is 2.10. The standard InChI is InChI=1S/C10H9N/c1-8-4-5-10-9(7-8)3-2-6-11-10/h2-7H,1H3/p+1. The maximum absolute atomic E-state index is 3.18. The number of pyridine rings is 1. The molecule has 0 bridgehead atoms. The van der Waals surface area contributed by atoms with E-state index in [9.17, 15) is 0 Å². The Balaban J connectivity index is 2.83. The van der Waals surface area contributed by atoms with Gasteiger partial charge in [0.2, 0.25) is 5.52 Å². The number of H-pyrrole nitrogens is 1. The van der Waals surface area contributed by atoms with Crippen molar-refractivity contribution in [1.29, 1.82) is 0 Å². The smallest absolute Gasteiger partial charge is 0.210 e. The molecule has 0 radical (unpaired) electrons. The van der Waals surface area contributed by atoms with Gasteiger partial charge >= 0.3 is 0 Å². The van der Waals surface area contributed by atoms with Gasteiger partial charge < -0.3 is 0 Å². The summed E-state index contributed by atoms with van der Waals surface area (Å²) in [6, 6.07) is 10.5. The molecule has 0 aliphatic rings. The Kier molecular flexibility index (Phi) is 1.35. The fourth-order valence-electron chi connectivity index (χ4n) is 1.24. The van der Waals surface area contributed by atoms with E-state index in [-0.39, 0.29) is 0 Å². The van der Waals surface area contributed by atoms with E-state index < -0.39 is 0 Å². The van der Waals surface area contributed by atoms with Crippen LogP contribution in [0.4, 0.5) is 0 Å². The minimum atomic E-state index is 1.19. The van der Waals surface area contributed by atoms with Crippen molar-refractivity contribution >= 4 is 10.9 Å². The highest BCUT2D eigenvalue weighted by Crippen LogP contribution is 2.09. The molecular weight excluding hydrogens is 134 g/mol. The number of aromatic nitrogens is 1. The summed E-state index contributed by atoms with van der Waals surface area (Å²) >= 11 is 0. The number of hydrogen-bond donors (Lipinski definition) is 0. The highest BCUT2D eigenvalue weighted by molar-refractivity contribution is 5.75. The first-order valence-electron chi connectivity index (χ1n) is 3.73. The molecule has 1 nitrogen and oxygen atoms in total. The van der Waals surface area contributed by atoms with Gasteiger partial charge in [-0.25, -0.2) is 4.98 Å². The molecule has 0 saturated carbocycles. The molecule has 1 aromatic carbocycles. The molecule has 0 atom stereocenters. The van der Waals surface area contributed by atoms with Crippen LogP contribution in [-0.4, -0.2) is 0 Å². The van der Waals surface area contributed by atoms with Crippen LogP contribution >= 0.6 is 0 Å². The van der Waals surface area contributed by atoms with Crippen LogP contribution < -0.4 is 4.98 Å². The van der Waals surface area contributed by atoms with Crippen LogP contribution in [0.1, 0.15) is 5.56 Å². The molecule has 2 rings (SSSR count). The highest BCUT2D eigenvalue weighted by atomic mass is 14.6. The van der Waals surface area contributed by atoms with Crippen molar-refractivity contribution in [3.05, 3.63) is 42.1 Å². The Bertz CT molecular complexity index is 379. The molecule has 1 heterocycles. The molecule has 0 saturated heterocycles. The third kappa shape index (κ3) is 1.09. The molecule has 11 heavy (non-hydrogen) atoms. The first kappa shape index (κ1) is 6.35. The Hall–Kier alpha value is -1.37. The zero-order valence-electron chi connectivity index (χ0n) is 6.46. The Morgan fingerprint density at radius 1 is 1.18 bits per heavy atom. The number of aromatic amines is 1. The molecule has 1 heteroatoms. The van der Waals surface area contributed by atoms with Crippen LogP contribution in [0.15, 0.2) is 36.5 Å². The molecule has 0 amide bonds. The molecule has 2 aromatic rings. The number of aryl methyl sites for hydroxylation is 1. The predicted octanol–water partition coefficient (Wildman–Crippen LogP) is 1.96. The van der Waals surface area contributed by atoms with Crippen molar-refractivity contribution in [3.8, 4) is 0 Å². The largest absolute Gasteiger partial charge is 0.211 e. The summed E-state index contributed by atoms with van der Waals surface area (Å²) in [5.74, 6) is 0. The van der Waals surface area contributed by atoms with Crippen LogP contribution in [0.2, 0.25) is 0 Å². The van der Waals surface area contributed by atoms with Gasteiger partial charge in [-0.1, -0.05) is 11.6 Å². The molecule has 1 aromatic heterocycles. The van der Waals surface area contributed by atoms with Crippen molar-refractivity contribution in [2.45, 2.75) is 6.92 Å². The van der Waals surface area contributed by atoms with Gasteiger partial charge in [0.25, 0.3) is 0 Å². The van der Waals surface area contributed by atoms with Crippen molar-refractivity contribution in [2.24, 2.45) is 0 Å².